The van der Waals surface area contributed by atoms with E-state index in [4.69, 9.17) is 0 Å². The third-order valence-electron chi connectivity index (χ3n) is 2.31. The van der Waals surface area contributed by atoms with Crippen LogP contribution >= 0.6 is 0 Å². The molecule has 0 aliphatic rings. The maximum absolute atomic E-state index is 11.5. The number of pyridine rings is 1. The van der Waals surface area contributed by atoms with Crippen molar-refractivity contribution in [1.82, 2.24) is 4.57 Å². The molecule has 1 atom stereocenters. The zero-order valence-electron chi connectivity index (χ0n) is 9.82. The predicted octanol–water partition coefficient (Wildman–Crippen LogP) is 1.53. The molecular weight excluding hydrogens is 190 g/mol. The van der Waals surface area contributed by atoms with Gasteiger partial charge in [-0.1, -0.05) is 26.8 Å². The molecule has 0 aliphatic heterocycles. The summed E-state index contributed by atoms with van der Waals surface area (Å²) in [5.41, 5.74) is 1.06. The Morgan fingerprint density at radius 3 is 2.47 bits per heavy atom. The number of hydrogen-bond acceptors (Lipinski definition) is 2. The summed E-state index contributed by atoms with van der Waals surface area (Å²) in [6.07, 6.45) is 1.33. The van der Waals surface area contributed by atoms with E-state index >= 15 is 0 Å². The number of rotatable bonds is 2. The molecule has 1 aromatic heterocycles. The molecule has 15 heavy (non-hydrogen) atoms. The average Bonchev–Trinajstić information content (AvgIpc) is 2.06. The standard InChI is InChI=1S/C12H19NO2/c1-9(14)7-13-8-10(12(2,3)4)5-6-11(13)15/h5-6,8-9,14H,7H2,1-4H3/t9-/m1/s1. The molecule has 1 N–H and O–H groups in total. The van der Waals surface area contributed by atoms with E-state index in [1.54, 1.807) is 17.6 Å². The van der Waals surface area contributed by atoms with Gasteiger partial charge in [0.25, 0.3) is 5.56 Å². The fraction of sp³-hybridized carbons (Fsp3) is 0.583. The molecule has 0 saturated carbocycles. The molecule has 0 aromatic carbocycles. The second-order valence-electron chi connectivity index (χ2n) is 5.01. The Hall–Kier alpha value is -1.09. The number of hydrogen-bond donors (Lipinski definition) is 1. The smallest absolute Gasteiger partial charge is 0.250 e. The average molecular weight is 209 g/mol. The number of nitrogens with zero attached hydrogens (tertiary/aromatic N) is 1. The van der Waals surface area contributed by atoms with E-state index in [0.717, 1.165) is 5.56 Å². The summed E-state index contributed by atoms with van der Waals surface area (Å²) in [6, 6.07) is 3.41. The van der Waals surface area contributed by atoms with Gasteiger partial charge in [-0.15, -0.1) is 0 Å². The third kappa shape index (κ3) is 3.20. The van der Waals surface area contributed by atoms with Gasteiger partial charge in [-0.2, -0.15) is 0 Å². The van der Waals surface area contributed by atoms with Crippen LogP contribution < -0.4 is 5.56 Å². The molecule has 0 fully saturated rings. The van der Waals surface area contributed by atoms with Gasteiger partial charge in [-0.05, 0) is 17.9 Å². The summed E-state index contributed by atoms with van der Waals surface area (Å²) in [4.78, 5) is 11.5. The molecule has 0 radical (unpaired) electrons. The van der Waals surface area contributed by atoms with Crippen LogP contribution in [0.5, 0.6) is 0 Å². The normalized spacial score (nSPS) is 13.9. The van der Waals surface area contributed by atoms with Crippen molar-refractivity contribution in [3.8, 4) is 0 Å². The van der Waals surface area contributed by atoms with Crippen molar-refractivity contribution in [2.75, 3.05) is 0 Å². The van der Waals surface area contributed by atoms with E-state index < -0.39 is 6.10 Å². The first-order valence-corrected chi connectivity index (χ1v) is 5.20. The zero-order valence-corrected chi connectivity index (χ0v) is 9.82. The Kier molecular flexibility index (Phi) is 3.35. The first-order chi connectivity index (χ1) is 6.80. The molecule has 3 heteroatoms. The van der Waals surface area contributed by atoms with E-state index in [1.807, 2.05) is 12.3 Å². The van der Waals surface area contributed by atoms with Gasteiger partial charge >= 0.3 is 0 Å². The van der Waals surface area contributed by atoms with Crippen molar-refractivity contribution < 1.29 is 5.11 Å². The second kappa shape index (κ2) is 4.19. The van der Waals surface area contributed by atoms with Crippen molar-refractivity contribution in [3.63, 3.8) is 0 Å². The molecule has 84 valence electrons. The van der Waals surface area contributed by atoms with E-state index in [-0.39, 0.29) is 11.0 Å². The van der Waals surface area contributed by atoms with Gasteiger partial charge in [0, 0.05) is 12.3 Å². The molecule has 0 amide bonds. The van der Waals surface area contributed by atoms with Crippen LogP contribution in [-0.2, 0) is 12.0 Å². The predicted molar refractivity (Wildman–Crippen MR) is 61.1 cm³/mol. The molecule has 0 spiro atoms. The minimum atomic E-state index is -0.502. The van der Waals surface area contributed by atoms with Gasteiger partial charge in [0.15, 0.2) is 0 Å². The Morgan fingerprint density at radius 2 is 2.00 bits per heavy atom. The van der Waals surface area contributed by atoms with Crippen LogP contribution in [0.25, 0.3) is 0 Å². The minimum absolute atomic E-state index is 0.0220. The van der Waals surface area contributed by atoms with Gasteiger partial charge in [0.1, 0.15) is 0 Å². The zero-order chi connectivity index (χ0) is 11.6. The minimum Gasteiger partial charge on any atom is -0.392 e. The van der Waals surface area contributed by atoms with E-state index in [9.17, 15) is 9.90 Å². The second-order valence-corrected chi connectivity index (χ2v) is 5.01. The molecule has 0 saturated heterocycles. The van der Waals surface area contributed by atoms with Gasteiger partial charge in [-0.3, -0.25) is 4.79 Å². The molecule has 1 rings (SSSR count). The highest BCUT2D eigenvalue weighted by Crippen LogP contribution is 2.20. The monoisotopic (exact) mass is 209 g/mol. The molecule has 0 bridgehead atoms. The van der Waals surface area contributed by atoms with E-state index in [0.29, 0.717) is 6.54 Å². The molecule has 0 aliphatic carbocycles. The summed E-state index contributed by atoms with van der Waals surface area (Å²) in [5, 5.41) is 9.26. The highest BCUT2D eigenvalue weighted by Gasteiger charge is 2.14. The topological polar surface area (TPSA) is 42.2 Å². The first kappa shape index (κ1) is 12.0. The molecule has 1 aromatic rings. The fourth-order valence-electron chi connectivity index (χ4n) is 1.40. The van der Waals surface area contributed by atoms with Crippen molar-refractivity contribution >= 4 is 0 Å². The summed E-state index contributed by atoms with van der Waals surface area (Å²) in [5.74, 6) is 0. The largest absolute Gasteiger partial charge is 0.392 e. The Labute approximate surface area is 90.4 Å². The summed E-state index contributed by atoms with van der Waals surface area (Å²) in [6.45, 7) is 8.32. The van der Waals surface area contributed by atoms with Crippen LogP contribution in [0, 0.1) is 0 Å². The molecular formula is C12H19NO2. The third-order valence-corrected chi connectivity index (χ3v) is 2.31. The lowest BCUT2D eigenvalue weighted by molar-refractivity contribution is 0.172. The quantitative estimate of drug-likeness (QED) is 0.802. The maximum atomic E-state index is 11.5. The van der Waals surface area contributed by atoms with Crippen LogP contribution in [0.1, 0.15) is 33.3 Å². The van der Waals surface area contributed by atoms with Crippen molar-refractivity contribution in [2.24, 2.45) is 0 Å². The van der Waals surface area contributed by atoms with E-state index in [2.05, 4.69) is 20.8 Å². The first-order valence-electron chi connectivity index (χ1n) is 5.20. The number of aromatic nitrogens is 1. The van der Waals surface area contributed by atoms with Crippen molar-refractivity contribution in [3.05, 3.63) is 34.2 Å². The molecule has 0 unspecified atom stereocenters. The molecule has 1 heterocycles. The van der Waals surface area contributed by atoms with Gasteiger partial charge in [0.2, 0.25) is 0 Å². The summed E-state index contributed by atoms with van der Waals surface area (Å²) in [7, 11) is 0. The SMILES string of the molecule is C[C@@H](O)Cn1cc(C(C)(C)C)ccc1=O. The van der Waals surface area contributed by atoms with Crippen LogP contribution in [-0.4, -0.2) is 15.8 Å². The fourth-order valence-corrected chi connectivity index (χ4v) is 1.40. The lowest BCUT2D eigenvalue weighted by Crippen LogP contribution is -2.26. The summed E-state index contributed by atoms with van der Waals surface area (Å²) < 4.78 is 1.56. The van der Waals surface area contributed by atoms with Crippen molar-refractivity contribution in [2.45, 2.75) is 45.8 Å². The van der Waals surface area contributed by atoms with Crippen LogP contribution in [0.2, 0.25) is 0 Å². The maximum Gasteiger partial charge on any atom is 0.250 e. The van der Waals surface area contributed by atoms with Gasteiger partial charge in [-0.25, -0.2) is 0 Å². The van der Waals surface area contributed by atoms with Crippen molar-refractivity contribution in [1.29, 1.82) is 0 Å². The number of aliphatic hydroxyl groups excluding tert-OH is 1. The van der Waals surface area contributed by atoms with Gasteiger partial charge in [0.05, 0.1) is 12.6 Å². The Bertz CT molecular complexity index is 385. The lowest BCUT2D eigenvalue weighted by Gasteiger charge is -2.20. The van der Waals surface area contributed by atoms with E-state index in [1.165, 1.54) is 0 Å². The summed E-state index contributed by atoms with van der Waals surface area (Å²) >= 11 is 0. The highest BCUT2D eigenvalue weighted by atomic mass is 16.3. The Morgan fingerprint density at radius 1 is 1.40 bits per heavy atom. The van der Waals surface area contributed by atoms with Gasteiger partial charge < -0.3 is 9.67 Å². The van der Waals surface area contributed by atoms with Crippen LogP contribution in [0.3, 0.4) is 0 Å². The van der Waals surface area contributed by atoms with Crippen LogP contribution in [0.4, 0.5) is 0 Å². The molecule has 3 nitrogen and oxygen atoms in total. The Balaban J connectivity index is 3.11. The number of aliphatic hydroxyl groups is 1. The highest BCUT2D eigenvalue weighted by molar-refractivity contribution is 5.18. The van der Waals surface area contributed by atoms with Crippen LogP contribution in [0.15, 0.2) is 23.1 Å². The lowest BCUT2D eigenvalue weighted by atomic mass is 9.88.